The number of benzene rings is 1. The molecule has 24 heavy (non-hydrogen) atoms. The molecule has 2 rings (SSSR count). The Balaban J connectivity index is 2.17. The third-order valence-corrected chi connectivity index (χ3v) is 3.26. The zero-order valence-corrected chi connectivity index (χ0v) is 13.0. The molecule has 2 aromatic rings. The van der Waals surface area contributed by atoms with E-state index in [1.807, 2.05) is 5.43 Å². The fraction of sp³-hybridized carbons (Fsp3) is 0.133. The molecule has 0 radical (unpaired) electrons. The van der Waals surface area contributed by atoms with Gasteiger partial charge in [-0.25, -0.2) is 4.98 Å². The van der Waals surface area contributed by atoms with Gasteiger partial charge in [-0.15, -0.1) is 0 Å². The van der Waals surface area contributed by atoms with Crippen LogP contribution in [0.3, 0.4) is 0 Å². The smallest absolute Gasteiger partial charge is 0.267 e. The number of carbonyl (C=O) groups is 2. The van der Waals surface area contributed by atoms with Crippen LogP contribution in [0, 0.1) is 6.92 Å². The number of amides is 2. The second-order valence-corrected chi connectivity index (χ2v) is 5.21. The SMILES string of the molecule is Cc1ccccc1C(=O)NNC(=O)c1ncc(Cl)cc1C(F)(F)F. The molecule has 0 bridgehead atoms. The normalized spacial score (nSPS) is 11.0. The molecule has 9 heteroatoms. The number of nitrogens with one attached hydrogen (secondary N) is 2. The number of carbonyl (C=O) groups excluding carboxylic acids is 2. The molecular formula is C15H11ClF3N3O2. The van der Waals surface area contributed by atoms with E-state index in [2.05, 4.69) is 10.4 Å². The molecular weight excluding hydrogens is 347 g/mol. The van der Waals surface area contributed by atoms with Crippen LogP contribution in [-0.2, 0) is 6.18 Å². The molecule has 0 unspecified atom stereocenters. The molecule has 2 amide bonds. The minimum Gasteiger partial charge on any atom is -0.267 e. The summed E-state index contributed by atoms with van der Waals surface area (Å²) in [6, 6.07) is 7.12. The Hall–Kier alpha value is -2.61. The molecule has 5 nitrogen and oxygen atoms in total. The fourth-order valence-electron chi connectivity index (χ4n) is 1.90. The van der Waals surface area contributed by atoms with Crippen molar-refractivity contribution in [1.29, 1.82) is 0 Å². The minimum absolute atomic E-state index is 0.261. The van der Waals surface area contributed by atoms with Crippen molar-refractivity contribution < 1.29 is 22.8 Å². The largest absolute Gasteiger partial charge is 0.418 e. The van der Waals surface area contributed by atoms with Gasteiger partial charge in [0.1, 0.15) is 5.69 Å². The van der Waals surface area contributed by atoms with Gasteiger partial charge in [0.15, 0.2) is 0 Å². The topological polar surface area (TPSA) is 71.1 Å². The lowest BCUT2D eigenvalue weighted by molar-refractivity contribution is -0.138. The lowest BCUT2D eigenvalue weighted by Gasteiger charge is -2.13. The molecule has 0 aliphatic heterocycles. The zero-order chi connectivity index (χ0) is 17.9. The van der Waals surface area contributed by atoms with Gasteiger partial charge in [-0.1, -0.05) is 29.8 Å². The maximum atomic E-state index is 12.9. The maximum absolute atomic E-state index is 12.9. The van der Waals surface area contributed by atoms with Gasteiger partial charge in [0.25, 0.3) is 11.8 Å². The summed E-state index contributed by atoms with van der Waals surface area (Å²) in [6.07, 6.45) is -3.90. The summed E-state index contributed by atoms with van der Waals surface area (Å²) in [7, 11) is 0. The molecule has 0 aliphatic carbocycles. The van der Waals surface area contributed by atoms with Gasteiger partial charge in [-0.3, -0.25) is 20.4 Å². The number of aryl methyl sites for hydroxylation is 1. The second-order valence-electron chi connectivity index (χ2n) is 4.77. The van der Waals surface area contributed by atoms with Crippen LogP contribution in [-0.4, -0.2) is 16.8 Å². The zero-order valence-electron chi connectivity index (χ0n) is 12.2. The first-order valence-corrected chi connectivity index (χ1v) is 6.97. The summed E-state index contributed by atoms with van der Waals surface area (Å²) in [6.45, 7) is 1.68. The number of rotatable bonds is 2. The molecule has 0 saturated carbocycles. The quantitative estimate of drug-likeness (QED) is 0.811. The van der Waals surface area contributed by atoms with Crippen LogP contribution in [0.15, 0.2) is 36.5 Å². The van der Waals surface area contributed by atoms with Gasteiger partial charge in [-0.2, -0.15) is 13.2 Å². The Labute approximate surface area is 139 Å². The Morgan fingerprint density at radius 1 is 1.12 bits per heavy atom. The Bertz CT molecular complexity index is 794. The predicted octanol–water partition coefficient (Wildman–Crippen LogP) is 3.14. The lowest BCUT2D eigenvalue weighted by Crippen LogP contribution is -2.42. The van der Waals surface area contributed by atoms with E-state index in [1.165, 1.54) is 6.07 Å². The van der Waals surface area contributed by atoms with Gasteiger partial charge in [-0.05, 0) is 24.6 Å². The highest BCUT2D eigenvalue weighted by Gasteiger charge is 2.36. The van der Waals surface area contributed by atoms with Crippen molar-refractivity contribution in [1.82, 2.24) is 15.8 Å². The first-order chi connectivity index (χ1) is 11.2. The molecule has 2 N–H and O–H groups in total. The standard InChI is InChI=1S/C15H11ClF3N3O2/c1-8-4-2-3-5-10(8)13(23)21-22-14(24)12-11(15(17,18)19)6-9(16)7-20-12/h2-7H,1H3,(H,21,23)(H,22,24). The molecule has 0 saturated heterocycles. The third-order valence-electron chi connectivity index (χ3n) is 3.05. The molecule has 0 aliphatic rings. The molecule has 1 aromatic heterocycles. The Morgan fingerprint density at radius 3 is 2.38 bits per heavy atom. The van der Waals surface area contributed by atoms with Crippen LogP contribution < -0.4 is 10.9 Å². The number of aromatic nitrogens is 1. The van der Waals surface area contributed by atoms with Gasteiger partial charge >= 0.3 is 6.18 Å². The molecule has 126 valence electrons. The highest BCUT2D eigenvalue weighted by molar-refractivity contribution is 6.30. The molecule has 0 atom stereocenters. The first-order valence-electron chi connectivity index (χ1n) is 6.59. The minimum atomic E-state index is -4.81. The summed E-state index contributed by atoms with van der Waals surface area (Å²) in [5.74, 6) is -1.87. The van der Waals surface area contributed by atoms with E-state index in [0.717, 1.165) is 6.20 Å². The van der Waals surface area contributed by atoms with Gasteiger partial charge < -0.3 is 0 Å². The van der Waals surface area contributed by atoms with E-state index in [-0.39, 0.29) is 10.6 Å². The first kappa shape index (κ1) is 17.7. The van der Waals surface area contributed by atoms with Crippen molar-refractivity contribution in [3.8, 4) is 0 Å². The summed E-state index contributed by atoms with van der Waals surface area (Å²) in [5.41, 5.74) is 2.70. The number of pyridine rings is 1. The highest BCUT2D eigenvalue weighted by atomic mass is 35.5. The average Bonchev–Trinajstić information content (AvgIpc) is 2.51. The number of halogens is 4. The van der Waals surface area contributed by atoms with Crippen molar-refractivity contribution in [2.24, 2.45) is 0 Å². The molecule has 1 aromatic carbocycles. The third kappa shape index (κ3) is 4.02. The average molecular weight is 358 g/mol. The van der Waals surface area contributed by atoms with E-state index in [4.69, 9.17) is 11.6 Å². The Morgan fingerprint density at radius 2 is 1.75 bits per heavy atom. The lowest BCUT2D eigenvalue weighted by atomic mass is 10.1. The van der Waals surface area contributed by atoms with E-state index >= 15 is 0 Å². The van der Waals surface area contributed by atoms with Crippen molar-refractivity contribution in [2.45, 2.75) is 13.1 Å². The highest BCUT2D eigenvalue weighted by Crippen LogP contribution is 2.32. The maximum Gasteiger partial charge on any atom is 0.418 e. The van der Waals surface area contributed by atoms with Crippen LogP contribution in [0.1, 0.15) is 32.0 Å². The molecule has 0 spiro atoms. The van der Waals surface area contributed by atoms with Crippen LogP contribution in [0.2, 0.25) is 5.02 Å². The van der Waals surface area contributed by atoms with Gasteiger partial charge in [0, 0.05) is 11.8 Å². The van der Waals surface area contributed by atoms with Crippen LogP contribution in [0.4, 0.5) is 13.2 Å². The van der Waals surface area contributed by atoms with Crippen molar-refractivity contribution in [3.05, 3.63) is 63.9 Å². The summed E-state index contributed by atoms with van der Waals surface area (Å²) in [5, 5.41) is -0.261. The van der Waals surface area contributed by atoms with Gasteiger partial charge in [0.05, 0.1) is 10.6 Å². The van der Waals surface area contributed by atoms with Crippen LogP contribution >= 0.6 is 11.6 Å². The summed E-state index contributed by atoms with van der Waals surface area (Å²) >= 11 is 5.49. The van der Waals surface area contributed by atoms with E-state index in [0.29, 0.717) is 11.6 Å². The number of alkyl halides is 3. The van der Waals surface area contributed by atoms with Crippen LogP contribution in [0.25, 0.3) is 0 Å². The number of hydrogen-bond acceptors (Lipinski definition) is 3. The molecule has 1 heterocycles. The molecule has 0 fully saturated rings. The summed E-state index contributed by atoms with van der Waals surface area (Å²) < 4.78 is 38.8. The summed E-state index contributed by atoms with van der Waals surface area (Å²) in [4.78, 5) is 27.3. The fourth-order valence-corrected chi connectivity index (χ4v) is 2.06. The second kappa shape index (κ2) is 6.88. The number of nitrogens with zero attached hydrogens (tertiary/aromatic N) is 1. The van der Waals surface area contributed by atoms with E-state index < -0.39 is 29.2 Å². The number of hydrazine groups is 1. The van der Waals surface area contributed by atoms with Gasteiger partial charge in [0.2, 0.25) is 0 Å². The predicted molar refractivity (Wildman–Crippen MR) is 80.4 cm³/mol. The van der Waals surface area contributed by atoms with E-state index in [9.17, 15) is 22.8 Å². The van der Waals surface area contributed by atoms with E-state index in [1.54, 1.807) is 25.1 Å². The van der Waals surface area contributed by atoms with Crippen molar-refractivity contribution in [2.75, 3.05) is 0 Å². The number of hydrogen-bond donors (Lipinski definition) is 2. The van der Waals surface area contributed by atoms with Crippen LogP contribution in [0.5, 0.6) is 0 Å². The van der Waals surface area contributed by atoms with Crippen molar-refractivity contribution >= 4 is 23.4 Å². The van der Waals surface area contributed by atoms with Crippen molar-refractivity contribution in [3.63, 3.8) is 0 Å². The Kier molecular flexibility index (Phi) is 5.08. The monoisotopic (exact) mass is 357 g/mol.